The van der Waals surface area contributed by atoms with E-state index in [1.165, 1.54) is 0 Å². The smallest absolute Gasteiger partial charge is 0.188 e. The number of nitrogens with zero attached hydrogens (tertiary/aromatic N) is 5. The van der Waals surface area contributed by atoms with E-state index in [0.29, 0.717) is 24.7 Å². The minimum absolute atomic E-state index is 0.380. The number of fused-ring (bicyclic) bond motifs is 2. The monoisotopic (exact) mass is 576 g/mol. The van der Waals surface area contributed by atoms with Crippen LogP contribution in [0.25, 0.3) is 32.2 Å². The predicted molar refractivity (Wildman–Crippen MR) is 159 cm³/mol. The number of piperidine rings is 1. The predicted octanol–water partition coefficient (Wildman–Crippen LogP) is 5.10. The van der Waals surface area contributed by atoms with Gasteiger partial charge in [-0.2, -0.15) is 5.26 Å². The molecule has 3 aromatic heterocycles. The van der Waals surface area contributed by atoms with Gasteiger partial charge in [0.05, 0.1) is 27.2 Å². The molecule has 2 atom stereocenters. The van der Waals surface area contributed by atoms with Crippen LogP contribution in [0.3, 0.4) is 0 Å². The maximum Gasteiger partial charge on any atom is 0.188 e. The SMILES string of the molecule is CCN1C=C(C)C(O)N(Cc2cc3nccc(-c4cc(Cl)cc5ccn(CC6(C#N)CCNCC6)c45)c3s2)C1O. The molecule has 6 rings (SSSR count). The van der Waals surface area contributed by atoms with Crippen molar-refractivity contribution in [2.45, 2.75) is 52.4 Å². The van der Waals surface area contributed by atoms with Crippen LogP contribution in [0.5, 0.6) is 0 Å². The number of nitrogens with one attached hydrogen (secondary N) is 1. The summed E-state index contributed by atoms with van der Waals surface area (Å²) in [6.45, 7) is 7.18. The van der Waals surface area contributed by atoms with Crippen molar-refractivity contribution < 1.29 is 10.2 Å². The van der Waals surface area contributed by atoms with Gasteiger partial charge in [-0.25, -0.2) is 4.90 Å². The van der Waals surface area contributed by atoms with Crippen LogP contribution in [-0.4, -0.2) is 61.8 Å². The minimum Gasteiger partial charge on any atom is -0.374 e. The van der Waals surface area contributed by atoms with Gasteiger partial charge >= 0.3 is 0 Å². The van der Waals surface area contributed by atoms with E-state index in [9.17, 15) is 15.5 Å². The van der Waals surface area contributed by atoms with Crippen LogP contribution in [-0.2, 0) is 13.1 Å². The van der Waals surface area contributed by atoms with Crippen LogP contribution in [0, 0.1) is 16.7 Å². The number of rotatable bonds is 6. The van der Waals surface area contributed by atoms with Crippen LogP contribution in [0.1, 0.15) is 31.6 Å². The summed E-state index contributed by atoms with van der Waals surface area (Å²) in [7, 11) is 0. The molecule has 1 aromatic carbocycles. The molecule has 0 saturated carbocycles. The first-order valence-corrected chi connectivity index (χ1v) is 14.9. The van der Waals surface area contributed by atoms with Crippen LogP contribution in [0.2, 0.25) is 5.02 Å². The molecule has 0 radical (unpaired) electrons. The molecule has 4 aromatic rings. The van der Waals surface area contributed by atoms with Gasteiger partial charge in [-0.05, 0) is 75.7 Å². The van der Waals surface area contributed by atoms with Crippen LogP contribution in [0.15, 0.2) is 54.5 Å². The van der Waals surface area contributed by atoms with Crippen LogP contribution < -0.4 is 5.32 Å². The lowest BCUT2D eigenvalue weighted by Crippen LogP contribution is -2.54. The second-order valence-corrected chi connectivity index (χ2v) is 12.4. The Bertz CT molecular complexity index is 1630. The minimum atomic E-state index is -0.917. The topological polar surface area (TPSA) is 101 Å². The summed E-state index contributed by atoms with van der Waals surface area (Å²) in [6.07, 6.45) is 5.55. The summed E-state index contributed by atoms with van der Waals surface area (Å²) < 4.78 is 3.23. The third-order valence-electron chi connectivity index (χ3n) is 8.24. The summed E-state index contributed by atoms with van der Waals surface area (Å²) >= 11 is 8.25. The molecule has 8 nitrogen and oxygen atoms in total. The highest BCUT2D eigenvalue weighted by Crippen LogP contribution is 2.41. The first-order valence-electron chi connectivity index (χ1n) is 13.7. The molecule has 0 spiro atoms. The van der Waals surface area contributed by atoms with E-state index in [1.54, 1.807) is 16.2 Å². The summed E-state index contributed by atoms with van der Waals surface area (Å²) in [5, 5.41) is 37.0. The highest BCUT2D eigenvalue weighted by atomic mass is 35.5. The van der Waals surface area contributed by atoms with Crippen molar-refractivity contribution in [1.82, 2.24) is 24.7 Å². The molecule has 208 valence electrons. The molecule has 0 amide bonds. The number of aliphatic hydroxyl groups is 2. The largest absolute Gasteiger partial charge is 0.374 e. The first kappa shape index (κ1) is 27.2. The van der Waals surface area contributed by atoms with Crippen molar-refractivity contribution >= 4 is 44.1 Å². The van der Waals surface area contributed by atoms with Gasteiger partial charge in [-0.1, -0.05) is 11.6 Å². The number of nitriles is 1. The van der Waals surface area contributed by atoms with Crippen molar-refractivity contribution in [3.8, 4) is 17.2 Å². The Morgan fingerprint density at radius 1 is 1.20 bits per heavy atom. The Morgan fingerprint density at radius 2 is 2.00 bits per heavy atom. The highest BCUT2D eigenvalue weighted by Gasteiger charge is 2.34. The first-order chi connectivity index (χ1) is 19.3. The molecule has 40 heavy (non-hydrogen) atoms. The molecule has 10 heteroatoms. The number of pyridine rings is 1. The van der Waals surface area contributed by atoms with E-state index in [-0.39, 0.29) is 0 Å². The zero-order chi connectivity index (χ0) is 28.0. The zero-order valence-electron chi connectivity index (χ0n) is 22.6. The molecule has 0 bridgehead atoms. The van der Waals surface area contributed by atoms with Gasteiger partial charge in [0.25, 0.3) is 0 Å². The Kier molecular flexibility index (Phi) is 7.34. The maximum absolute atomic E-state index is 10.9. The quantitative estimate of drug-likeness (QED) is 0.293. The molecule has 2 aliphatic heterocycles. The fourth-order valence-electron chi connectivity index (χ4n) is 6.04. The van der Waals surface area contributed by atoms with Crippen molar-refractivity contribution in [3.63, 3.8) is 0 Å². The van der Waals surface area contributed by atoms with Gasteiger partial charge in [0.15, 0.2) is 6.35 Å². The fourth-order valence-corrected chi connectivity index (χ4v) is 7.42. The summed E-state index contributed by atoms with van der Waals surface area (Å²) in [6, 6.07) is 12.7. The lowest BCUT2D eigenvalue weighted by atomic mass is 9.80. The number of aliphatic hydroxyl groups excluding tert-OH is 2. The van der Waals surface area contributed by atoms with Gasteiger partial charge in [0.2, 0.25) is 0 Å². The van der Waals surface area contributed by atoms with Crippen molar-refractivity contribution in [2.24, 2.45) is 5.41 Å². The summed E-state index contributed by atoms with van der Waals surface area (Å²) in [5.74, 6) is 0. The average molecular weight is 577 g/mol. The standard InChI is InChI=1S/C30H33ClN6O2S/c1-3-35-15-19(2)28(38)37(29(35)39)16-22-14-25-27(40-22)23(4-8-34-25)24-13-21(31)12-20-5-11-36(26(20)24)18-30(17-32)6-9-33-10-7-30/h4-5,8,11-15,28-29,33,38-39H,3,6-7,9-10,16,18H2,1-2H3. The summed E-state index contributed by atoms with van der Waals surface area (Å²) in [4.78, 5) is 9.14. The molecular formula is C30H33ClN6O2S. The lowest BCUT2D eigenvalue weighted by molar-refractivity contribution is -0.163. The number of halogens is 1. The van der Waals surface area contributed by atoms with Gasteiger partial charge in [-0.15, -0.1) is 11.3 Å². The number of benzene rings is 1. The molecule has 3 N–H and O–H groups in total. The van der Waals surface area contributed by atoms with Gasteiger partial charge in [-0.3, -0.25) is 4.98 Å². The zero-order valence-corrected chi connectivity index (χ0v) is 24.2. The number of aromatic nitrogens is 2. The molecule has 1 saturated heterocycles. The Morgan fingerprint density at radius 3 is 2.75 bits per heavy atom. The Hall–Kier alpha value is -2.97. The Labute approximate surface area is 242 Å². The molecule has 2 unspecified atom stereocenters. The van der Waals surface area contributed by atoms with Crippen molar-refractivity contribution in [2.75, 3.05) is 19.6 Å². The fraction of sp³-hybridized carbons (Fsp3) is 0.400. The van der Waals surface area contributed by atoms with E-state index >= 15 is 0 Å². The van der Waals surface area contributed by atoms with E-state index in [1.807, 2.05) is 55.4 Å². The third-order valence-corrected chi connectivity index (χ3v) is 9.60. The molecule has 0 aliphatic carbocycles. The normalized spacial score (nSPS) is 21.6. The van der Waals surface area contributed by atoms with Crippen molar-refractivity contribution in [3.05, 3.63) is 64.4 Å². The Balaban J connectivity index is 1.41. The van der Waals surface area contributed by atoms with Crippen LogP contribution >= 0.6 is 22.9 Å². The number of thiophene rings is 1. The van der Waals surface area contributed by atoms with E-state index in [4.69, 9.17) is 11.6 Å². The van der Waals surface area contributed by atoms with Crippen LogP contribution in [0.4, 0.5) is 0 Å². The van der Waals surface area contributed by atoms with E-state index < -0.39 is 18.0 Å². The molecule has 2 aliphatic rings. The molecule has 5 heterocycles. The van der Waals surface area contributed by atoms with Gasteiger partial charge in [0.1, 0.15) is 6.23 Å². The second kappa shape index (κ2) is 10.8. The van der Waals surface area contributed by atoms with E-state index in [0.717, 1.165) is 68.6 Å². The second-order valence-electron chi connectivity index (χ2n) is 10.9. The maximum atomic E-state index is 10.9. The van der Waals surface area contributed by atoms with Crippen molar-refractivity contribution in [1.29, 1.82) is 5.26 Å². The average Bonchev–Trinajstić information content (AvgIpc) is 3.56. The molecular weight excluding hydrogens is 544 g/mol. The number of hydrogen-bond acceptors (Lipinski definition) is 8. The highest BCUT2D eigenvalue weighted by molar-refractivity contribution is 7.19. The molecule has 1 fully saturated rings. The van der Waals surface area contributed by atoms with Gasteiger partial charge < -0.3 is 25.0 Å². The van der Waals surface area contributed by atoms with E-state index in [2.05, 4.69) is 33.2 Å². The lowest BCUT2D eigenvalue weighted by Gasteiger charge is -2.42. The third kappa shape index (κ3) is 4.79. The number of hydrogen-bond donors (Lipinski definition) is 3. The van der Waals surface area contributed by atoms with Gasteiger partial charge in [0, 0.05) is 64.6 Å². The summed E-state index contributed by atoms with van der Waals surface area (Å²) in [5.41, 5.74) is 4.32.